The second-order valence-corrected chi connectivity index (χ2v) is 7.87. The number of ether oxygens (including phenoxy) is 1. The molecule has 138 valence electrons. The first-order valence-electron chi connectivity index (χ1n) is 9.23. The van der Waals surface area contributed by atoms with Crippen molar-refractivity contribution in [3.05, 3.63) is 41.3 Å². The van der Waals surface area contributed by atoms with Gasteiger partial charge in [-0.2, -0.15) is 0 Å². The average molecular weight is 371 g/mol. The highest BCUT2D eigenvalue weighted by molar-refractivity contribution is 7.14. The van der Waals surface area contributed by atoms with E-state index in [4.69, 9.17) is 9.73 Å². The summed E-state index contributed by atoms with van der Waals surface area (Å²) in [4.78, 5) is 10.0. The maximum absolute atomic E-state index is 5.24. The van der Waals surface area contributed by atoms with Crippen LogP contribution in [0.15, 0.2) is 40.7 Å². The van der Waals surface area contributed by atoms with Gasteiger partial charge in [-0.3, -0.25) is 4.90 Å². The SMILES string of the molecule is COCCCC1CN(C2=Nc3ccccc3Nc3sccc32)CCN1C. The highest BCUT2D eigenvalue weighted by atomic mass is 32.1. The molecule has 1 N–H and O–H groups in total. The molecule has 1 atom stereocenters. The highest BCUT2D eigenvalue weighted by Crippen LogP contribution is 2.37. The lowest BCUT2D eigenvalue weighted by molar-refractivity contribution is 0.119. The molecule has 3 heterocycles. The molecular formula is C20H26N4OS. The summed E-state index contributed by atoms with van der Waals surface area (Å²) in [5.41, 5.74) is 3.31. The van der Waals surface area contributed by atoms with E-state index >= 15 is 0 Å². The van der Waals surface area contributed by atoms with Crippen LogP contribution in [0.2, 0.25) is 0 Å². The molecule has 0 radical (unpaired) electrons. The number of amidine groups is 1. The van der Waals surface area contributed by atoms with Crippen LogP contribution in [-0.4, -0.2) is 62.1 Å². The van der Waals surface area contributed by atoms with E-state index in [0.29, 0.717) is 6.04 Å². The monoisotopic (exact) mass is 370 g/mol. The van der Waals surface area contributed by atoms with Crippen molar-refractivity contribution in [1.82, 2.24) is 9.80 Å². The van der Waals surface area contributed by atoms with Crippen molar-refractivity contribution in [3.63, 3.8) is 0 Å². The van der Waals surface area contributed by atoms with Crippen LogP contribution in [0, 0.1) is 0 Å². The van der Waals surface area contributed by atoms with Crippen LogP contribution in [0.25, 0.3) is 0 Å². The number of rotatable bonds is 4. The summed E-state index contributed by atoms with van der Waals surface area (Å²) < 4.78 is 5.24. The van der Waals surface area contributed by atoms with Gasteiger partial charge in [-0.25, -0.2) is 4.99 Å². The number of para-hydroxylation sites is 2. The van der Waals surface area contributed by atoms with Gasteiger partial charge in [0, 0.05) is 39.4 Å². The Kier molecular flexibility index (Phi) is 5.24. The quantitative estimate of drug-likeness (QED) is 0.828. The van der Waals surface area contributed by atoms with Crippen molar-refractivity contribution in [1.29, 1.82) is 0 Å². The molecule has 4 rings (SSSR count). The van der Waals surface area contributed by atoms with Crippen molar-refractivity contribution < 1.29 is 4.74 Å². The molecule has 0 spiro atoms. The molecule has 0 aliphatic carbocycles. The lowest BCUT2D eigenvalue weighted by atomic mass is 10.1. The summed E-state index contributed by atoms with van der Waals surface area (Å²) >= 11 is 1.74. The minimum Gasteiger partial charge on any atom is -0.385 e. The molecule has 0 saturated carbocycles. The van der Waals surface area contributed by atoms with Crippen LogP contribution in [-0.2, 0) is 4.74 Å². The number of hydrogen-bond acceptors (Lipinski definition) is 6. The molecule has 26 heavy (non-hydrogen) atoms. The van der Waals surface area contributed by atoms with Gasteiger partial charge in [-0.1, -0.05) is 12.1 Å². The molecule has 1 aromatic heterocycles. The fourth-order valence-electron chi connectivity index (χ4n) is 3.71. The highest BCUT2D eigenvalue weighted by Gasteiger charge is 2.29. The van der Waals surface area contributed by atoms with Crippen molar-refractivity contribution in [2.45, 2.75) is 18.9 Å². The molecule has 2 aliphatic heterocycles. The molecule has 2 aromatic rings. The zero-order valence-electron chi connectivity index (χ0n) is 15.4. The van der Waals surface area contributed by atoms with Crippen molar-refractivity contribution >= 4 is 33.5 Å². The number of likely N-dealkylation sites (N-methyl/N-ethyl adjacent to an activating group) is 1. The van der Waals surface area contributed by atoms with Gasteiger partial charge >= 0.3 is 0 Å². The number of fused-ring (bicyclic) bond motifs is 2. The van der Waals surface area contributed by atoms with E-state index in [-0.39, 0.29) is 0 Å². The van der Waals surface area contributed by atoms with E-state index < -0.39 is 0 Å². The maximum atomic E-state index is 5.24. The van der Waals surface area contributed by atoms with Gasteiger partial charge in [0.25, 0.3) is 0 Å². The van der Waals surface area contributed by atoms with Gasteiger partial charge in [-0.05, 0) is 43.5 Å². The molecule has 0 bridgehead atoms. The minimum atomic E-state index is 0.537. The number of nitrogens with one attached hydrogen (secondary N) is 1. The standard InChI is InChI=1S/C20H26N4OS/c1-23-10-11-24(14-15(23)6-5-12-25-2)19-16-9-13-26-20(16)22-18-8-4-3-7-17(18)21-19/h3-4,7-9,13,15,22H,5-6,10-12,14H2,1-2H3. The smallest absolute Gasteiger partial charge is 0.139 e. The van der Waals surface area contributed by atoms with Gasteiger partial charge in [0.2, 0.25) is 0 Å². The summed E-state index contributed by atoms with van der Waals surface area (Å²) in [6.07, 6.45) is 2.25. The number of piperazine rings is 1. The third kappa shape index (κ3) is 3.49. The third-order valence-corrected chi connectivity index (χ3v) is 6.08. The Balaban J connectivity index is 1.62. The molecule has 1 unspecified atom stereocenters. The van der Waals surface area contributed by atoms with Crippen molar-refractivity contribution in [2.75, 3.05) is 45.7 Å². The summed E-state index contributed by atoms with van der Waals surface area (Å²) in [5.74, 6) is 1.10. The summed E-state index contributed by atoms with van der Waals surface area (Å²) in [7, 11) is 4.01. The fourth-order valence-corrected chi connectivity index (χ4v) is 4.51. The zero-order valence-corrected chi connectivity index (χ0v) is 16.3. The van der Waals surface area contributed by atoms with Crippen molar-refractivity contribution in [2.24, 2.45) is 4.99 Å². The Labute approximate surface area is 159 Å². The first kappa shape index (κ1) is 17.5. The van der Waals surface area contributed by atoms with Gasteiger partial charge in [0.05, 0.1) is 16.9 Å². The van der Waals surface area contributed by atoms with E-state index in [0.717, 1.165) is 56.3 Å². The molecule has 1 fully saturated rings. The van der Waals surface area contributed by atoms with Crippen LogP contribution in [0.5, 0.6) is 0 Å². The largest absolute Gasteiger partial charge is 0.385 e. The average Bonchev–Trinajstić information content (AvgIpc) is 3.04. The normalized spacial score (nSPS) is 20.0. The third-order valence-electron chi connectivity index (χ3n) is 5.25. The van der Waals surface area contributed by atoms with Gasteiger partial charge in [0.1, 0.15) is 10.8 Å². The van der Waals surface area contributed by atoms with Crippen LogP contribution in [0.3, 0.4) is 0 Å². The first-order chi connectivity index (χ1) is 12.8. The van der Waals surface area contributed by atoms with Crippen LogP contribution in [0.1, 0.15) is 18.4 Å². The number of hydrogen-bond donors (Lipinski definition) is 1. The van der Waals surface area contributed by atoms with Gasteiger partial charge < -0.3 is 15.0 Å². The Hall–Kier alpha value is -1.89. The maximum Gasteiger partial charge on any atom is 0.139 e. The minimum absolute atomic E-state index is 0.537. The first-order valence-corrected chi connectivity index (χ1v) is 10.1. The van der Waals surface area contributed by atoms with Crippen LogP contribution in [0.4, 0.5) is 16.4 Å². The predicted octanol–water partition coefficient (Wildman–Crippen LogP) is 3.93. The lowest BCUT2D eigenvalue weighted by Gasteiger charge is -2.41. The van der Waals surface area contributed by atoms with Crippen LogP contribution < -0.4 is 5.32 Å². The van der Waals surface area contributed by atoms with E-state index in [1.54, 1.807) is 18.4 Å². The van der Waals surface area contributed by atoms with Gasteiger partial charge in [0.15, 0.2) is 0 Å². The van der Waals surface area contributed by atoms with E-state index in [1.807, 2.05) is 0 Å². The van der Waals surface area contributed by atoms with Crippen LogP contribution >= 0.6 is 11.3 Å². The number of nitrogens with zero attached hydrogens (tertiary/aromatic N) is 3. The number of benzene rings is 1. The fraction of sp³-hybridized carbons (Fsp3) is 0.450. The number of thiophene rings is 1. The van der Waals surface area contributed by atoms with E-state index in [9.17, 15) is 0 Å². The Morgan fingerprint density at radius 1 is 1.27 bits per heavy atom. The topological polar surface area (TPSA) is 40.1 Å². The second-order valence-electron chi connectivity index (χ2n) is 6.96. The molecule has 1 aromatic carbocycles. The summed E-state index contributed by atoms with van der Waals surface area (Å²) in [6, 6.07) is 11.0. The molecule has 1 saturated heterocycles. The molecule has 2 aliphatic rings. The lowest BCUT2D eigenvalue weighted by Crippen LogP contribution is -2.53. The summed E-state index contributed by atoms with van der Waals surface area (Å²) in [5, 5.41) is 6.89. The second kappa shape index (κ2) is 7.78. The molecule has 5 nitrogen and oxygen atoms in total. The predicted molar refractivity (Wildman–Crippen MR) is 109 cm³/mol. The number of methoxy groups -OCH3 is 1. The van der Waals surface area contributed by atoms with E-state index in [2.05, 4.69) is 57.9 Å². The molecule has 6 heteroatoms. The van der Waals surface area contributed by atoms with Crippen molar-refractivity contribution in [3.8, 4) is 0 Å². The molecular weight excluding hydrogens is 344 g/mol. The Bertz CT molecular complexity index is 788. The van der Waals surface area contributed by atoms with E-state index in [1.165, 1.54) is 10.6 Å². The Morgan fingerprint density at radius 2 is 2.15 bits per heavy atom. The molecule has 0 amide bonds. The summed E-state index contributed by atoms with van der Waals surface area (Å²) in [6.45, 7) is 3.91. The zero-order chi connectivity index (χ0) is 17.9. The Morgan fingerprint density at radius 3 is 3.04 bits per heavy atom. The van der Waals surface area contributed by atoms with Gasteiger partial charge in [-0.15, -0.1) is 11.3 Å². The number of aliphatic imine (C=N–C) groups is 1. The number of anilines is 2.